The average molecular weight is 297 g/mol. The Labute approximate surface area is 124 Å². The van der Waals surface area contributed by atoms with Crippen molar-refractivity contribution in [3.8, 4) is 0 Å². The third kappa shape index (κ3) is 6.83. The predicted molar refractivity (Wildman–Crippen MR) is 77.2 cm³/mol. The molecule has 0 aliphatic heterocycles. The van der Waals surface area contributed by atoms with Crippen LogP contribution in [0.25, 0.3) is 0 Å². The van der Waals surface area contributed by atoms with Crippen LogP contribution >= 0.6 is 0 Å². The number of furan rings is 1. The van der Waals surface area contributed by atoms with Gasteiger partial charge in [0.25, 0.3) is 0 Å². The quantitative estimate of drug-likeness (QED) is 0.842. The highest BCUT2D eigenvalue weighted by atomic mass is 16.6. The molecule has 0 fully saturated rings. The van der Waals surface area contributed by atoms with Crippen LogP contribution in [0.4, 0.5) is 4.79 Å². The number of carbonyl (C=O) groups excluding carboxylic acids is 1. The molecule has 1 heterocycles. The van der Waals surface area contributed by atoms with Crippen LogP contribution < -0.4 is 5.32 Å². The van der Waals surface area contributed by atoms with Crippen molar-refractivity contribution in [2.75, 3.05) is 0 Å². The summed E-state index contributed by atoms with van der Waals surface area (Å²) in [6.07, 6.45) is 1.74. The van der Waals surface area contributed by atoms with Gasteiger partial charge in [-0.3, -0.25) is 4.79 Å². The number of carbonyl (C=O) groups is 2. The van der Waals surface area contributed by atoms with Gasteiger partial charge in [0.05, 0.1) is 6.26 Å². The highest BCUT2D eigenvalue weighted by Crippen LogP contribution is 2.15. The summed E-state index contributed by atoms with van der Waals surface area (Å²) in [5.74, 6) is -0.163. The first-order valence-electron chi connectivity index (χ1n) is 6.91. The van der Waals surface area contributed by atoms with E-state index in [9.17, 15) is 9.59 Å². The molecule has 1 unspecified atom stereocenters. The minimum atomic E-state index is -0.901. The fraction of sp³-hybridized carbons (Fsp3) is 0.600. The number of rotatable bonds is 6. The number of carboxylic acids is 1. The van der Waals surface area contributed by atoms with Gasteiger partial charge in [-0.1, -0.05) is 0 Å². The maximum atomic E-state index is 11.8. The van der Waals surface area contributed by atoms with Crippen LogP contribution in [0.3, 0.4) is 0 Å². The molecule has 118 valence electrons. The van der Waals surface area contributed by atoms with Crippen LogP contribution in [-0.2, 0) is 16.0 Å². The van der Waals surface area contributed by atoms with E-state index in [4.69, 9.17) is 14.3 Å². The minimum Gasteiger partial charge on any atom is -0.481 e. The molecule has 21 heavy (non-hydrogen) atoms. The molecule has 0 aliphatic carbocycles. The lowest BCUT2D eigenvalue weighted by atomic mass is 10.0. The van der Waals surface area contributed by atoms with Gasteiger partial charge in [-0.15, -0.1) is 0 Å². The Morgan fingerprint density at radius 3 is 2.57 bits per heavy atom. The lowest BCUT2D eigenvalue weighted by Gasteiger charge is -2.23. The maximum Gasteiger partial charge on any atom is 0.407 e. The van der Waals surface area contributed by atoms with Gasteiger partial charge < -0.3 is 19.6 Å². The highest BCUT2D eigenvalue weighted by Gasteiger charge is 2.21. The first-order valence-corrected chi connectivity index (χ1v) is 6.91. The van der Waals surface area contributed by atoms with Gasteiger partial charge >= 0.3 is 12.1 Å². The molecule has 1 aromatic rings. The van der Waals surface area contributed by atoms with Crippen LogP contribution in [0.1, 0.15) is 44.9 Å². The lowest BCUT2D eigenvalue weighted by Crippen LogP contribution is -2.40. The second-order valence-corrected chi connectivity index (χ2v) is 6.01. The third-order valence-electron chi connectivity index (χ3n) is 2.83. The van der Waals surface area contributed by atoms with E-state index in [-0.39, 0.29) is 12.5 Å². The van der Waals surface area contributed by atoms with Crippen LogP contribution in [0.15, 0.2) is 16.7 Å². The van der Waals surface area contributed by atoms with E-state index >= 15 is 0 Å². The van der Waals surface area contributed by atoms with Gasteiger partial charge in [0.2, 0.25) is 0 Å². The lowest BCUT2D eigenvalue weighted by molar-refractivity contribution is -0.137. The summed E-state index contributed by atoms with van der Waals surface area (Å²) in [4.78, 5) is 22.5. The van der Waals surface area contributed by atoms with E-state index < -0.39 is 17.7 Å². The summed E-state index contributed by atoms with van der Waals surface area (Å²) < 4.78 is 10.5. The molecule has 1 amide bonds. The Hall–Kier alpha value is -1.98. The van der Waals surface area contributed by atoms with Crippen LogP contribution in [0, 0.1) is 6.92 Å². The fourth-order valence-electron chi connectivity index (χ4n) is 1.83. The van der Waals surface area contributed by atoms with Crippen molar-refractivity contribution >= 4 is 12.1 Å². The predicted octanol–water partition coefficient (Wildman–Crippen LogP) is 2.89. The zero-order valence-electron chi connectivity index (χ0n) is 12.9. The second kappa shape index (κ2) is 7.15. The van der Waals surface area contributed by atoms with Gasteiger partial charge in [0.1, 0.15) is 11.4 Å². The van der Waals surface area contributed by atoms with E-state index in [1.165, 1.54) is 0 Å². The molecule has 0 spiro atoms. The van der Waals surface area contributed by atoms with Crippen molar-refractivity contribution in [1.82, 2.24) is 5.32 Å². The Morgan fingerprint density at radius 1 is 1.43 bits per heavy atom. The zero-order valence-corrected chi connectivity index (χ0v) is 12.9. The van der Waals surface area contributed by atoms with Gasteiger partial charge in [-0.05, 0) is 45.7 Å². The normalized spacial score (nSPS) is 12.8. The number of hydrogen-bond donors (Lipinski definition) is 2. The molecular weight excluding hydrogens is 274 g/mol. The van der Waals surface area contributed by atoms with Crippen molar-refractivity contribution in [1.29, 1.82) is 0 Å². The van der Waals surface area contributed by atoms with Crippen molar-refractivity contribution in [2.24, 2.45) is 0 Å². The molecule has 6 nitrogen and oxygen atoms in total. The van der Waals surface area contributed by atoms with Crippen LogP contribution in [-0.4, -0.2) is 28.8 Å². The SMILES string of the molecule is Cc1ccoc1CC(CCC(=O)O)NC(=O)OC(C)(C)C. The summed E-state index contributed by atoms with van der Waals surface area (Å²) in [5.41, 5.74) is 0.378. The molecule has 0 saturated carbocycles. The van der Waals surface area contributed by atoms with Crippen molar-refractivity contribution in [3.63, 3.8) is 0 Å². The maximum absolute atomic E-state index is 11.8. The first-order chi connectivity index (χ1) is 9.67. The third-order valence-corrected chi connectivity index (χ3v) is 2.83. The Balaban J connectivity index is 2.66. The van der Waals surface area contributed by atoms with Crippen molar-refractivity contribution in [3.05, 3.63) is 23.7 Å². The summed E-state index contributed by atoms with van der Waals surface area (Å²) in [6, 6.07) is 1.48. The molecule has 0 bridgehead atoms. The van der Waals surface area contributed by atoms with Gasteiger partial charge in [-0.2, -0.15) is 0 Å². The summed E-state index contributed by atoms with van der Waals surface area (Å²) in [5, 5.41) is 11.5. The Bertz CT molecular complexity index is 486. The summed E-state index contributed by atoms with van der Waals surface area (Å²) in [7, 11) is 0. The van der Waals surface area contributed by atoms with E-state index in [1.54, 1.807) is 27.0 Å². The number of alkyl carbamates (subject to hydrolysis) is 1. The topological polar surface area (TPSA) is 88.8 Å². The molecule has 0 saturated heterocycles. The number of aryl methyl sites for hydroxylation is 1. The monoisotopic (exact) mass is 297 g/mol. The van der Waals surface area contributed by atoms with Gasteiger partial charge in [0, 0.05) is 18.9 Å². The van der Waals surface area contributed by atoms with Gasteiger partial charge in [0.15, 0.2) is 0 Å². The zero-order chi connectivity index (χ0) is 16.0. The molecule has 1 aromatic heterocycles. The first kappa shape index (κ1) is 17.1. The number of carboxylic acid groups (broad SMARTS) is 1. The van der Waals surface area contributed by atoms with Gasteiger partial charge in [-0.25, -0.2) is 4.79 Å². The van der Waals surface area contributed by atoms with Crippen molar-refractivity contribution in [2.45, 2.75) is 58.6 Å². The smallest absolute Gasteiger partial charge is 0.407 e. The van der Waals surface area contributed by atoms with Crippen molar-refractivity contribution < 1.29 is 23.8 Å². The molecule has 1 atom stereocenters. The Kier molecular flexibility index (Phi) is 5.81. The number of ether oxygens (including phenoxy) is 1. The fourth-order valence-corrected chi connectivity index (χ4v) is 1.83. The van der Waals surface area contributed by atoms with E-state index in [1.807, 2.05) is 13.0 Å². The molecule has 0 aliphatic rings. The Morgan fingerprint density at radius 2 is 2.10 bits per heavy atom. The van der Waals surface area contributed by atoms with Crippen LogP contribution in [0.5, 0.6) is 0 Å². The van der Waals surface area contributed by atoms with Crippen LogP contribution in [0.2, 0.25) is 0 Å². The molecule has 6 heteroatoms. The molecule has 0 radical (unpaired) electrons. The van der Waals surface area contributed by atoms with E-state index in [2.05, 4.69) is 5.32 Å². The number of aliphatic carboxylic acids is 1. The number of hydrogen-bond acceptors (Lipinski definition) is 4. The largest absolute Gasteiger partial charge is 0.481 e. The summed E-state index contributed by atoms with van der Waals surface area (Å²) >= 11 is 0. The average Bonchev–Trinajstić information content (AvgIpc) is 2.69. The van der Waals surface area contributed by atoms with E-state index in [0.29, 0.717) is 12.8 Å². The highest BCUT2D eigenvalue weighted by molar-refractivity contribution is 5.69. The minimum absolute atomic E-state index is 0.0276. The number of amides is 1. The standard InChI is InChI=1S/C15H23NO5/c1-10-7-8-20-12(10)9-11(5-6-13(17)18)16-14(19)21-15(2,3)4/h7-8,11H,5-6,9H2,1-4H3,(H,16,19)(H,17,18). The van der Waals surface area contributed by atoms with E-state index in [0.717, 1.165) is 11.3 Å². The molecule has 2 N–H and O–H groups in total. The molecular formula is C15H23NO5. The second-order valence-electron chi connectivity index (χ2n) is 6.01. The molecule has 0 aromatic carbocycles. The number of nitrogens with one attached hydrogen (secondary N) is 1. The summed E-state index contributed by atoms with van der Waals surface area (Å²) in [6.45, 7) is 7.22. The molecule has 1 rings (SSSR count).